The zero-order valence-corrected chi connectivity index (χ0v) is 12.0. The number of aryl methyl sites for hydroxylation is 1. The molecule has 0 saturated heterocycles. The average molecular weight is 297 g/mol. The molecular weight excluding hydrogens is 284 g/mol. The molecule has 0 saturated carbocycles. The van der Waals surface area contributed by atoms with Crippen LogP contribution in [-0.4, -0.2) is 15.4 Å². The van der Waals surface area contributed by atoms with Crippen LogP contribution in [0.3, 0.4) is 0 Å². The first-order valence-electron chi connectivity index (χ1n) is 5.70. The van der Waals surface area contributed by atoms with Crippen LogP contribution in [-0.2, 0) is 4.79 Å². The molecule has 0 aliphatic carbocycles. The summed E-state index contributed by atoms with van der Waals surface area (Å²) in [6.07, 6.45) is 0. The molecule has 2 rings (SSSR count). The Morgan fingerprint density at radius 3 is 2.58 bits per heavy atom. The molecule has 4 nitrogen and oxygen atoms in total. The van der Waals surface area contributed by atoms with Gasteiger partial charge < -0.3 is 10.4 Å². The lowest BCUT2D eigenvalue weighted by atomic mass is 10.0. The molecule has 1 aromatic carbocycles. The lowest BCUT2D eigenvalue weighted by molar-refractivity contribution is -0.117. The third-order valence-corrected chi connectivity index (χ3v) is 4.24. The highest BCUT2D eigenvalue weighted by Gasteiger charge is 2.18. The van der Waals surface area contributed by atoms with Crippen LogP contribution in [0.15, 0.2) is 24.3 Å². The van der Waals surface area contributed by atoms with E-state index < -0.39 is 0 Å². The number of rotatable bonds is 3. The van der Waals surface area contributed by atoms with Gasteiger partial charge in [-0.2, -0.15) is 4.37 Å². The molecule has 1 heterocycles. The Morgan fingerprint density at radius 2 is 2.05 bits per heavy atom. The van der Waals surface area contributed by atoms with E-state index in [9.17, 15) is 9.90 Å². The van der Waals surface area contributed by atoms with Gasteiger partial charge in [-0.3, -0.25) is 4.79 Å². The van der Waals surface area contributed by atoms with Gasteiger partial charge in [-0.05, 0) is 43.1 Å². The van der Waals surface area contributed by atoms with Crippen LogP contribution in [0, 0.1) is 6.92 Å². The van der Waals surface area contributed by atoms with E-state index in [1.165, 1.54) is 11.5 Å². The highest BCUT2D eigenvalue weighted by atomic mass is 35.5. The van der Waals surface area contributed by atoms with Gasteiger partial charge in [0.15, 0.2) is 0 Å². The topological polar surface area (TPSA) is 62.2 Å². The van der Waals surface area contributed by atoms with Crippen LogP contribution in [0.25, 0.3) is 0 Å². The molecule has 0 fully saturated rings. The maximum absolute atomic E-state index is 12.1. The van der Waals surface area contributed by atoms with Crippen molar-refractivity contribution in [3.8, 4) is 5.75 Å². The van der Waals surface area contributed by atoms with E-state index in [2.05, 4.69) is 9.69 Å². The number of carbonyl (C=O) groups excluding carboxylic acids is 1. The second kappa shape index (κ2) is 5.59. The van der Waals surface area contributed by atoms with Crippen LogP contribution in [0.4, 0.5) is 5.00 Å². The molecule has 1 aromatic heterocycles. The summed E-state index contributed by atoms with van der Waals surface area (Å²) < 4.78 is 4.07. The third-order valence-electron chi connectivity index (χ3n) is 2.81. The summed E-state index contributed by atoms with van der Waals surface area (Å²) in [5.41, 5.74) is 1.53. The Bertz CT molecular complexity index is 595. The quantitative estimate of drug-likeness (QED) is 0.910. The Kier molecular flexibility index (Phi) is 4.07. The maximum Gasteiger partial charge on any atom is 0.232 e. The average Bonchev–Trinajstić information content (AvgIpc) is 2.71. The van der Waals surface area contributed by atoms with Crippen molar-refractivity contribution in [1.82, 2.24) is 4.37 Å². The van der Waals surface area contributed by atoms with Crippen molar-refractivity contribution in [1.29, 1.82) is 0 Å². The summed E-state index contributed by atoms with van der Waals surface area (Å²) in [6.45, 7) is 3.58. The van der Waals surface area contributed by atoms with Crippen molar-refractivity contribution in [3.63, 3.8) is 0 Å². The summed E-state index contributed by atoms with van der Waals surface area (Å²) in [5.74, 6) is -0.312. The van der Waals surface area contributed by atoms with Gasteiger partial charge >= 0.3 is 0 Å². The predicted octanol–water partition coefficient (Wildman–Crippen LogP) is 3.55. The van der Waals surface area contributed by atoms with E-state index in [0.29, 0.717) is 15.7 Å². The summed E-state index contributed by atoms with van der Waals surface area (Å²) in [7, 11) is 0. The van der Waals surface area contributed by atoms with Gasteiger partial charge in [-0.1, -0.05) is 23.7 Å². The molecule has 2 aromatic rings. The molecule has 6 heteroatoms. The number of hydrogen-bond acceptors (Lipinski definition) is 4. The summed E-state index contributed by atoms with van der Waals surface area (Å²) in [6, 6.07) is 6.56. The van der Waals surface area contributed by atoms with Crippen LogP contribution >= 0.6 is 23.1 Å². The molecule has 1 atom stereocenters. The number of phenolic OH excluding ortho intramolecular Hbond substituents is 1. The van der Waals surface area contributed by atoms with Crippen molar-refractivity contribution in [2.75, 3.05) is 5.32 Å². The normalized spacial score (nSPS) is 12.2. The number of hydrogen-bond donors (Lipinski definition) is 2. The highest BCUT2D eigenvalue weighted by Crippen LogP contribution is 2.30. The standard InChI is InChI=1S/C13H13ClN2O2S/c1-7(9-3-5-10(17)6-4-9)12(18)15-13-11(14)8(2)16-19-13/h3-7,17H,1-2H3,(H,15,18). The highest BCUT2D eigenvalue weighted by molar-refractivity contribution is 7.11. The number of nitrogens with zero attached hydrogens (tertiary/aromatic N) is 1. The van der Waals surface area contributed by atoms with E-state index in [1.807, 2.05) is 0 Å². The molecule has 2 N–H and O–H groups in total. The van der Waals surface area contributed by atoms with Crippen molar-refractivity contribution in [2.45, 2.75) is 19.8 Å². The number of amides is 1. The minimum atomic E-state index is -0.334. The Hall–Kier alpha value is -1.59. The molecule has 100 valence electrons. The zero-order chi connectivity index (χ0) is 14.0. The monoisotopic (exact) mass is 296 g/mol. The van der Waals surface area contributed by atoms with Gasteiger partial charge in [0, 0.05) is 0 Å². The van der Waals surface area contributed by atoms with Gasteiger partial charge in [0.25, 0.3) is 0 Å². The molecule has 0 aliphatic heterocycles. The summed E-state index contributed by atoms with van der Waals surface area (Å²) >= 11 is 7.19. The van der Waals surface area contributed by atoms with Crippen molar-refractivity contribution in [2.24, 2.45) is 0 Å². The van der Waals surface area contributed by atoms with E-state index in [1.54, 1.807) is 38.1 Å². The van der Waals surface area contributed by atoms with Gasteiger partial charge in [0.1, 0.15) is 10.8 Å². The van der Waals surface area contributed by atoms with Gasteiger partial charge in [-0.15, -0.1) is 0 Å². The predicted molar refractivity (Wildman–Crippen MR) is 77.0 cm³/mol. The van der Waals surface area contributed by atoms with Gasteiger partial charge in [0.2, 0.25) is 5.91 Å². The van der Waals surface area contributed by atoms with Crippen molar-refractivity contribution in [3.05, 3.63) is 40.5 Å². The molecule has 0 aliphatic rings. The number of nitrogens with one attached hydrogen (secondary N) is 1. The number of aromatic nitrogens is 1. The second-order valence-electron chi connectivity index (χ2n) is 4.21. The fraction of sp³-hybridized carbons (Fsp3) is 0.231. The lowest BCUT2D eigenvalue weighted by Gasteiger charge is -2.11. The molecule has 1 unspecified atom stereocenters. The SMILES string of the molecule is Cc1nsc(NC(=O)C(C)c2ccc(O)cc2)c1Cl. The minimum Gasteiger partial charge on any atom is -0.508 e. The van der Waals surface area contributed by atoms with E-state index in [4.69, 9.17) is 11.6 Å². The van der Waals surface area contributed by atoms with Crippen LogP contribution in [0.1, 0.15) is 24.1 Å². The Balaban J connectivity index is 2.11. The first kappa shape index (κ1) is 13.8. The fourth-order valence-electron chi connectivity index (χ4n) is 1.57. The number of aromatic hydroxyl groups is 1. The Morgan fingerprint density at radius 1 is 1.42 bits per heavy atom. The molecule has 1 amide bonds. The second-order valence-corrected chi connectivity index (χ2v) is 5.36. The molecular formula is C13H13ClN2O2S. The van der Waals surface area contributed by atoms with Crippen LogP contribution in [0.2, 0.25) is 5.02 Å². The largest absolute Gasteiger partial charge is 0.508 e. The summed E-state index contributed by atoms with van der Waals surface area (Å²) in [4.78, 5) is 12.1. The summed E-state index contributed by atoms with van der Waals surface area (Å²) in [5, 5.41) is 13.0. The fourth-order valence-corrected chi connectivity index (χ4v) is 2.51. The Labute approximate surface area is 120 Å². The number of phenols is 1. The minimum absolute atomic E-state index is 0.156. The maximum atomic E-state index is 12.1. The van der Waals surface area contributed by atoms with E-state index >= 15 is 0 Å². The number of benzene rings is 1. The van der Waals surface area contributed by atoms with Crippen LogP contribution < -0.4 is 5.32 Å². The lowest BCUT2D eigenvalue weighted by Crippen LogP contribution is -2.18. The number of carbonyl (C=O) groups is 1. The zero-order valence-electron chi connectivity index (χ0n) is 10.5. The molecule has 0 bridgehead atoms. The van der Waals surface area contributed by atoms with Gasteiger partial charge in [0.05, 0.1) is 16.6 Å². The molecule has 19 heavy (non-hydrogen) atoms. The first-order chi connectivity index (χ1) is 8.99. The van der Waals surface area contributed by atoms with Crippen molar-refractivity contribution >= 4 is 34.0 Å². The van der Waals surface area contributed by atoms with E-state index in [-0.39, 0.29) is 17.6 Å². The van der Waals surface area contributed by atoms with Crippen LogP contribution in [0.5, 0.6) is 5.75 Å². The molecule has 0 spiro atoms. The number of anilines is 1. The van der Waals surface area contributed by atoms with Crippen molar-refractivity contribution < 1.29 is 9.90 Å². The van der Waals surface area contributed by atoms with E-state index in [0.717, 1.165) is 5.56 Å². The molecule has 0 radical (unpaired) electrons. The third kappa shape index (κ3) is 3.05. The smallest absolute Gasteiger partial charge is 0.232 e. The first-order valence-corrected chi connectivity index (χ1v) is 6.85. The number of halogens is 1. The van der Waals surface area contributed by atoms with Gasteiger partial charge in [-0.25, -0.2) is 0 Å².